The first kappa shape index (κ1) is 30.3. The average molecular weight is 594 g/mol. The van der Waals surface area contributed by atoms with Gasteiger partial charge in [0.2, 0.25) is 0 Å². The number of carbonyl (C=O) groups is 3. The van der Waals surface area contributed by atoms with Gasteiger partial charge in [0.1, 0.15) is 17.9 Å². The van der Waals surface area contributed by atoms with Gasteiger partial charge in [-0.3, -0.25) is 28.7 Å². The number of rotatable bonds is 8. The smallest absolute Gasteiger partial charge is 0.467 e. The Morgan fingerprint density at radius 3 is 2.24 bits per heavy atom. The molecule has 1 fully saturated rings. The maximum atomic E-state index is 14.0. The van der Waals surface area contributed by atoms with E-state index < -0.39 is 72.4 Å². The Bertz CT molecular complexity index is 1550. The molecule has 4 rings (SSSR count). The molecular formula is C27H26F3N3O9. The summed E-state index contributed by atoms with van der Waals surface area (Å²) in [6.45, 7) is 2.82. The Labute approximate surface area is 235 Å². The Morgan fingerprint density at radius 1 is 1.02 bits per heavy atom. The second-order valence-corrected chi connectivity index (χ2v) is 9.49. The normalized spacial score (nSPS) is 21.0. The van der Waals surface area contributed by atoms with Crippen LogP contribution >= 0.6 is 0 Å². The highest BCUT2D eigenvalue weighted by Crippen LogP contribution is 2.43. The molecule has 0 spiro atoms. The van der Waals surface area contributed by atoms with Crippen molar-refractivity contribution >= 4 is 17.8 Å². The molecule has 1 saturated heterocycles. The topological polar surface area (TPSA) is 150 Å². The van der Waals surface area contributed by atoms with Gasteiger partial charge in [0.05, 0.1) is 6.26 Å². The number of halogens is 3. The molecule has 3 heterocycles. The number of aromatic amines is 1. The van der Waals surface area contributed by atoms with E-state index in [1.54, 1.807) is 18.2 Å². The molecule has 12 nitrogen and oxygen atoms in total. The highest BCUT2D eigenvalue weighted by molar-refractivity contribution is 5.82. The quantitative estimate of drug-likeness (QED) is 0.389. The first-order valence-corrected chi connectivity index (χ1v) is 12.5. The third-order valence-corrected chi connectivity index (χ3v) is 6.43. The summed E-state index contributed by atoms with van der Waals surface area (Å²) in [5.41, 5.74) is -1.36. The van der Waals surface area contributed by atoms with Gasteiger partial charge >= 0.3 is 29.7 Å². The molecule has 1 aromatic carbocycles. The van der Waals surface area contributed by atoms with Gasteiger partial charge in [0.25, 0.3) is 5.56 Å². The summed E-state index contributed by atoms with van der Waals surface area (Å²) in [4.78, 5) is 64.7. The van der Waals surface area contributed by atoms with E-state index >= 15 is 0 Å². The number of esters is 2. The van der Waals surface area contributed by atoms with Crippen molar-refractivity contribution in [3.8, 4) is 0 Å². The van der Waals surface area contributed by atoms with Crippen molar-refractivity contribution in [2.75, 3.05) is 0 Å². The molecular weight excluding hydrogens is 567 g/mol. The maximum Gasteiger partial charge on any atom is 0.471 e. The Kier molecular flexibility index (Phi) is 8.70. The largest absolute Gasteiger partial charge is 0.471 e. The van der Waals surface area contributed by atoms with Crippen LogP contribution in [0.25, 0.3) is 0 Å². The highest BCUT2D eigenvalue weighted by atomic mass is 19.4. The minimum Gasteiger partial charge on any atom is -0.467 e. The summed E-state index contributed by atoms with van der Waals surface area (Å²) in [5.74, 6) is -4.27. The van der Waals surface area contributed by atoms with Crippen molar-refractivity contribution in [1.82, 2.24) is 14.5 Å². The van der Waals surface area contributed by atoms with Crippen molar-refractivity contribution in [2.45, 2.75) is 64.1 Å². The summed E-state index contributed by atoms with van der Waals surface area (Å²) in [5, 5.41) is 0. The number of furan rings is 1. The van der Waals surface area contributed by atoms with E-state index in [-0.39, 0.29) is 11.3 Å². The first-order chi connectivity index (χ1) is 19.8. The lowest BCUT2D eigenvalue weighted by Crippen LogP contribution is -2.50. The zero-order valence-corrected chi connectivity index (χ0v) is 22.5. The van der Waals surface area contributed by atoms with Crippen LogP contribution < -0.4 is 11.2 Å². The van der Waals surface area contributed by atoms with E-state index in [4.69, 9.17) is 18.6 Å². The molecule has 1 N–H and O–H groups in total. The molecule has 1 amide bonds. The lowest BCUT2D eigenvalue weighted by atomic mass is 9.98. The van der Waals surface area contributed by atoms with Crippen LogP contribution in [0.15, 0.2) is 68.9 Å². The molecule has 224 valence electrons. The minimum atomic E-state index is -5.35. The molecule has 5 atom stereocenters. The SMILES string of the molecule is CC(=O)O[C@H]1[C@@H](OC(C)=O)[C@H](n2cc(C)c(=O)[nH]c2=O)O[C@@H]1[C@@H](c1ccco1)N(Cc1ccccc1)C(=O)C(F)(F)F. The average Bonchev–Trinajstić information content (AvgIpc) is 3.55. The van der Waals surface area contributed by atoms with Gasteiger partial charge in [-0.25, -0.2) is 4.79 Å². The van der Waals surface area contributed by atoms with Crippen molar-refractivity contribution in [3.05, 3.63) is 92.6 Å². The lowest BCUT2D eigenvalue weighted by Gasteiger charge is -2.36. The van der Waals surface area contributed by atoms with Crippen LogP contribution in [0.2, 0.25) is 0 Å². The van der Waals surface area contributed by atoms with Gasteiger partial charge < -0.3 is 23.5 Å². The first-order valence-electron chi connectivity index (χ1n) is 12.5. The van der Waals surface area contributed by atoms with Gasteiger partial charge in [-0.15, -0.1) is 0 Å². The summed E-state index contributed by atoms with van der Waals surface area (Å²) in [7, 11) is 0. The highest BCUT2D eigenvalue weighted by Gasteiger charge is 2.57. The Hall–Kier alpha value is -4.66. The summed E-state index contributed by atoms with van der Waals surface area (Å²) in [6, 6.07) is 8.72. The summed E-state index contributed by atoms with van der Waals surface area (Å²) < 4.78 is 65.3. The van der Waals surface area contributed by atoms with Gasteiger partial charge in [0.15, 0.2) is 18.4 Å². The van der Waals surface area contributed by atoms with E-state index in [1.165, 1.54) is 31.2 Å². The van der Waals surface area contributed by atoms with Crippen LogP contribution in [0.5, 0.6) is 0 Å². The van der Waals surface area contributed by atoms with E-state index in [2.05, 4.69) is 4.98 Å². The maximum absolute atomic E-state index is 14.0. The van der Waals surface area contributed by atoms with Gasteiger partial charge in [0, 0.05) is 32.2 Å². The third kappa shape index (κ3) is 6.46. The number of nitrogens with one attached hydrogen (secondary N) is 1. The van der Waals surface area contributed by atoms with E-state index in [0.717, 1.165) is 30.9 Å². The molecule has 0 aliphatic carbocycles. The molecule has 0 radical (unpaired) electrons. The van der Waals surface area contributed by atoms with Crippen molar-refractivity contribution in [2.24, 2.45) is 0 Å². The Morgan fingerprint density at radius 2 is 1.67 bits per heavy atom. The molecule has 0 unspecified atom stereocenters. The predicted octanol–water partition coefficient (Wildman–Crippen LogP) is 2.53. The van der Waals surface area contributed by atoms with Crippen LogP contribution in [-0.4, -0.2) is 56.8 Å². The summed E-state index contributed by atoms with van der Waals surface area (Å²) >= 11 is 0. The molecule has 1 aliphatic rings. The lowest BCUT2D eigenvalue weighted by molar-refractivity contribution is -0.194. The zero-order chi connectivity index (χ0) is 30.8. The number of hydrogen-bond acceptors (Lipinski definition) is 9. The van der Waals surface area contributed by atoms with Crippen molar-refractivity contribution in [1.29, 1.82) is 0 Å². The number of alkyl halides is 3. The minimum absolute atomic E-state index is 0.0489. The fourth-order valence-electron chi connectivity index (χ4n) is 4.75. The van der Waals surface area contributed by atoms with Gasteiger partial charge in [-0.2, -0.15) is 13.2 Å². The van der Waals surface area contributed by atoms with Gasteiger partial charge in [-0.05, 0) is 24.6 Å². The molecule has 0 bridgehead atoms. The number of aryl methyl sites for hydroxylation is 1. The number of aromatic nitrogens is 2. The van der Waals surface area contributed by atoms with E-state index in [9.17, 15) is 37.1 Å². The zero-order valence-electron chi connectivity index (χ0n) is 22.5. The van der Waals surface area contributed by atoms with Crippen LogP contribution in [0.4, 0.5) is 13.2 Å². The van der Waals surface area contributed by atoms with Crippen LogP contribution in [0.3, 0.4) is 0 Å². The number of nitrogens with zero attached hydrogens (tertiary/aromatic N) is 2. The molecule has 0 saturated carbocycles. The number of ether oxygens (including phenoxy) is 3. The number of hydrogen-bond donors (Lipinski definition) is 1. The summed E-state index contributed by atoms with van der Waals surface area (Å²) in [6.07, 6.45) is -9.63. The fraction of sp³-hybridized carbons (Fsp3) is 0.370. The number of benzene rings is 1. The van der Waals surface area contributed by atoms with E-state index in [1.807, 2.05) is 0 Å². The van der Waals surface area contributed by atoms with E-state index in [0.29, 0.717) is 10.5 Å². The van der Waals surface area contributed by atoms with Crippen molar-refractivity contribution < 1.29 is 46.2 Å². The molecule has 15 heteroatoms. The third-order valence-electron chi connectivity index (χ3n) is 6.43. The predicted molar refractivity (Wildman–Crippen MR) is 136 cm³/mol. The van der Waals surface area contributed by atoms with Crippen LogP contribution in [0, 0.1) is 6.92 Å². The van der Waals surface area contributed by atoms with Crippen LogP contribution in [-0.2, 0) is 35.1 Å². The second kappa shape index (κ2) is 12.1. The monoisotopic (exact) mass is 593 g/mol. The fourth-order valence-corrected chi connectivity index (χ4v) is 4.75. The number of amides is 1. The number of carbonyl (C=O) groups excluding carboxylic acids is 3. The molecule has 1 aliphatic heterocycles. The second-order valence-electron chi connectivity index (χ2n) is 9.49. The van der Waals surface area contributed by atoms with Gasteiger partial charge in [-0.1, -0.05) is 30.3 Å². The van der Waals surface area contributed by atoms with Crippen molar-refractivity contribution in [3.63, 3.8) is 0 Å². The van der Waals surface area contributed by atoms with Crippen LogP contribution in [0.1, 0.15) is 43.0 Å². The molecule has 2 aromatic heterocycles. The number of H-pyrrole nitrogens is 1. The molecule has 42 heavy (non-hydrogen) atoms. The molecule has 3 aromatic rings. The standard InChI is InChI=1S/C27H26F3N3O9/c1-14-12-33(26(38)31-23(14)36)24-22(41-16(3)35)21(40-15(2)34)20(42-24)19(18-10-7-11-39-18)32(25(37)27(28,29)30)13-17-8-5-4-6-9-17/h4-12,19-22,24H,13H2,1-3H3,(H,31,36,38)/t19-,20-,21-,22-,24-/m1/s1. The Balaban J connectivity index is 1.93.